The van der Waals surface area contributed by atoms with Gasteiger partial charge in [0.15, 0.2) is 6.61 Å². The third-order valence-electron chi connectivity index (χ3n) is 3.31. The van der Waals surface area contributed by atoms with E-state index in [2.05, 4.69) is 15.5 Å². The van der Waals surface area contributed by atoms with E-state index < -0.39 is 0 Å². The summed E-state index contributed by atoms with van der Waals surface area (Å²) in [4.78, 5) is 16.2. The van der Waals surface area contributed by atoms with E-state index in [1.807, 2.05) is 35.7 Å². The number of imidazole rings is 1. The Hall–Kier alpha value is -2.86. The SMILES string of the molecule is Cc1nc2ccccn2c1/C=N\NC(=O)COc1ccc(Cl)cc1. The number of aromatic nitrogens is 2. The molecule has 0 aliphatic rings. The minimum Gasteiger partial charge on any atom is -0.484 e. The number of ether oxygens (including phenoxy) is 1. The van der Waals surface area contributed by atoms with Crippen molar-refractivity contribution >= 4 is 29.4 Å². The molecule has 1 aromatic carbocycles. The van der Waals surface area contributed by atoms with Crippen molar-refractivity contribution in [2.45, 2.75) is 6.92 Å². The molecule has 0 fully saturated rings. The number of carbonyl (C=O) groups is 1. The number of carbonyl (C=O) groups excluding carboxylic acids is 1. The van der Waals surface area contributed by atoms with Crippen LogP contribution in [-0.4, -0.2) is 28.1 Å². The van der Waals surface area contributed by atoms with Crippen molar-refractivity contribution in [3.63, 3.8) is 0 Å². The van der Waals surface area contributed by atoms with Gasteiger partial charge in [-0.3, -0.25) is 9.20 Å². The lowest BCUT2D eigenvalue weighted by Crippen LogP contribution is -2.24. The molecule has 2 heterocycles. The van der Waals surface area contributed by atoms with E-state index in [0.29, 0.717) is 10.8 Å². The fourth-order valence-corrected chi connectivity index (χ4v) is 2.29. The van der Waals surface area contributed by atoms with Crippen molar-refractivity contribution in [2.24, 2.45) is 5.10 Å². The van der Waals surface area contributed by atoms with E-state index in [4.69, 9.17) is 16.3 Å². The first-order valence-electron chi connectivity index (χ1n) is 7.27. The van der Waals surface area contributed by atoms with Gasteiger partial charge in [0.2, 0.25) is 0 Å². The summed E-state index contributed by atoms with van der Waals surface area (Å²) in [6.07, 6.45) is 3.46. The van der Waals surface area contributed by atoms with Gasteiger partial charge in [-0.05, 0) is 43.3 Å². The Bertz CT molecular complexity index is 887. The first-order chi connectivity index (χ1) is 11.6. The predicted octanol–water partition coefficient (Wildman–Crippen LogP) is 2.83. The molecule has 0 bridgehead atoms. The summed E-state index contributed by atoms with van der Waals surface area (Å²) in [7, 11) is 0. The molecular weight excluding hydrogens is 328 g/mol. The van der Waals surface area contributed by atoms with Gasteiger partial charge in [-0.2, -0.15) is 5.10 Å². The van der Waals surface area contributed by atoms with E-state index in [0.717, 1.165) is 17.0 Å². The van der Waals surface area contributed by atoms with Crippen LogP contribution < -0.4 is 10.2 Å². The maximum atomic E-state index is 11.8. The zero-order valence-electron chi connectivity index (χ0n) is 12.9. The van der Waals surface area contributed by atoms with Crippen molar-refractivity contribution in [3.8, 4) is 5.75 Å². The van der Waals surface area contributed by atoms with E-state index in [-0.39, 0.29) is 12.5 Å². The van der Waals surface area contributed by atoms with Crippen LogP contribution in [-0.2, 0) is 4.79 Å². The molecule has 6 nitrogen and oxygen atoms in total. The predicted molar refractivity (Wildman–Crippen MR) is 92.6 cm³/mol. The molecule has 24 heavy (non-hydrogen) atoms. The maximum absolute atomic E-state index is 11.8. The molecule has 0 aliphatic heterocycles. The van der Waals surface area contributed by atoms with Gasteiger partial charge in [0.25, 0.3) is 5.91 Å². The third-order valence-corrected chi connectivity index (χ3v) is 3.56. The number of hydrogen-bond donors (Lipinski definition) is 1. The van der Waals surface area contributed by atoms with Crippen molar-refractivity contribution in [2.75, 3.05) is 6.61 Å². The van der Waals surface area contributed by atoms with Gasteiger partial charge >= 0.3 is 0 Å². The first kappa shape index (κ1) is 16.0. The van der Waals surface area contributed by atoms with Gasteiger partial charge in [0.05, 0.1) is 17.6 Å². The normalized spacial score (nSPS) is 11.1. The molecule has 1 amide bonds. The molecule has 0 saturated heterocycles. The highest BCUT2D eigenvalue weighted by molar-refractivity contribution is 6.30. The van der Waals surface area contributed by atoms with E-state index in [1.54, 1.807) is 30.5 Å². The van der Waals surface area contributed by atoms with Crippen molar-refractivity contribution in [3.05, 3.63) is 65.1 Å². The zero-order valence-corrected chi connectivity index (χ0v) is 13.7. The Morgan fingerprint density at radius 1 is 1.33 bits per heavy atom. The largest absolute Gasteiger partial charge is 0.484 e. The fraction of sp³-hybridized carbons (Fsp3) is 0.118. The van der Waals surface area contributed by atoms with Gasteiger partial charge in [-0.15, -0.1) is 0 Å². The molecule has 122 valence electrons. The maximum Gasteiger partial charge on any atom is 0.277 e. The van der Waals surface area contributed by atoms with Crippen LogP contribution in [0, 0.1) is 6.92 Å². The van der Waals surface area contributed by atoms with Crippen LogP contribution >= 0.6 is 11.6 Å². The highest BCUT2D eigenvalue weighted by atomic mass is 35.5. The Labute approximate surface area is 143 Å². The van der Waals surface area contributed by atoms with Gasteiger partial charge < -0.3 is 4.74 Å². The third kappa shape index (κ3) is 3.72. The van der Waals surface area contributed by atoms with E-state index in [1.165, 1.54) is 0 Å². The Morgan fingerprint density at radius 2 is 2.12 bits per heavy atom. The number of hydrogen-bond acceptors (Lipinski definition) is 4. The minimum atomic E-state index is -0.354. The molecule has 7 heteroatoms. The topological polar surface area (TPSA) is 68.0 Å². The van der Waals surface area contributed by atoms with E-state index in [9.17, 15) is 4.79 Å². The van der Waals surface area contributed by atoms with Crippen LogP contribution in [0.4, 0.5) is 0 Å². The average Bonchev–Trinajstić information content (AvgIpc) is 2.90. The lowest BCUT2D eigenvalue weighted by atomic mass is 10.3. The molecule has 3 aromatic rings. The molecule has 0 aliphatic carbocycles. The minimum absolute atomic E-state index is 0.134. The molecule has 3 rings (SSSR count). The van der Waals surface area contributed by atoms with Gasteiger partial charge in [-0.1, -0.05) is 17.7 Å². The number of aryl methyl sites for hydroxylation is 1. The summed E-state index contributed by atoms with van der Waals surface area (Å²) in [6.45, 7) is 1.75. The van der Waals surface area contributed by atoms with Crippen molar-refractivity contribution < 1.29 is 9.53 Å². The highest BCUT2D eigenvalue weighted by Gasteiger charge is 2.06. The van der Waals surface area contributed by atoms with Crippen molar-refractivity contribution in [1.82, 2.24) is 14.8 Å². The van der Waals surface area contributed by atoms with Crippen molar-refractivity contribution in [1.29, 1.82) is 0 Å². The highest BCUT2D eigenvalue weighted by Crippen LogP contribution is 2.15. The average molecular weight is 343 g/mol. The number of hydrazone groups is 1. The Kier molecular flexibility index (Phi) is 4.77. The van der Waals surface area contributed by atoms with Crippen LogP contribution in [0.3, 0.4) is 0 Å². The summed E-state index contributed by atoms with van der Waals surface area (Å²) in [5.41, 5.74) is 4.90. The number of halogens is 1. The number of nitrogens with one attached hydrogen (secondary N) is 1. The summed E-state index contributed by atoms with van der Waals surface area (Å²) in [6, 6.07) is 12.5. The quantitative estimate of drug-likeness (QED) is 0.572. The van der Waals surface area contributed by atoms with Gasteiger partial charge in [0.1, 0.15) is 11.4 Å². The summed E-state index contributed by atoms with van der Waals surface area (Å²) in [5, 5.41) is 4.58. The molecule has 0 spiro atoms. The number of benzene rings is 1. The molecule has 0 radical (unpaired) electrons. The number of fused-ring (bicyclic) bond motifs is 1. The van der Waals surface area contributed by atoms with Crippen LogP contribution in [0.5, 0.6) is 5.75 Å². The standard InChI is InChI=1S/C17H15ClN4O2/c1-12-15(22-9-3-2-4-16(22)20-12)10-19-21-17(23)11-24-14-7-5-13(18)6-8-14/h2-10H,11H2,1H3,(H,21,23)/b19-10-. The molecule has 2 aromatic heterocycles. The number of pyridine rings is 1. The smallest absolute Gasteiger partial charge is 0.277 e. The van der Waals surface area contributed by atoms with Gasteiger partial charge in [0, 0.05) is 11.2 Å². The number of rotatable bonds is 5. The molecule has 0 unspecified atom stereocenters. The van der Waals surface area contributed by atoms with Gasteiger partial charge in [-0.25, -0.2) is 10.4 Å². The fourth-order valence-electron chi connectivity index (χ4n) is 2.17. The van der Waals surface area contributed by atoms with Crippen LogP contribution in [0.2, 0.25) is 5.02 Å². The van der Waals surface area contributed by atoms with Crippen LogP contribution in [0.15, 0.2) is 53.8 Å². The zero-order chi connectivity index (χ0) is 16.9. The molecule has 0 saturated carbocycles. The Balaban J connectivity index is 1.58. The summed E-state index contributed by atoms with van der Waals surface area (Å²) >= 11 is 5.78. The molecular formula is C17H15ClN4O2. The van der Waals surface area contributed by atoms with Crippen LogP contribution in [0.25, 0.3) is 5.65 Å². The summed E-state index contributed by atoms with van der Waals surface area (Å²) < 4.78 is 7.24. The molecule has 0 atom stereocenters. The number of nitrogens with zero attached hydrogens (tertiary/aromatic N) is 3. The number of amides is 1. The van der Waals surface area contributed by atoms with E-state index >= 15 is 0 Å². The lowest BCUT2D eigenvalue weighted by molar-refractivity contribution is -0.123. The molecule has 1 N–H and O–H groups in total. The second-order valence-corrected chi connectivity index (χ2v) is 5.48. The summed E-state index contributed by atoms with van der Waals surface area (Å²) in [5.74, 6) is 0.212. The monoisotopic (exact) mass is 342 g/mol. The van der Waals surface area contributed by atoms with Crippen LogP contribution in [0.1, 0.15) is 11.4 Å². The second kappa shape index (κ2) is 7.14. The second-order valence-electron chi connectivity index (χ2n) is 5.05. The first-order valence-corrected chi connectivity index (χ1v) is 7.65. The lowest BCUT2D eigenvalue weighted by Gasteiger charge is -2.04. The Morgan fingerprint density at radius 3 is 2.92 bits per heavy atom.